The van der Waals surface area contributed by atoms with Gasteiger partial charge in [-0.2, -0.15) is 0 Å². The molecule has 90 valence electrons. The lowest BCUT2D eigenvalue weighted by Crippen LogP contribution is -2.04. The summed E-state index contributed by atoms with van der Waals surface area (Å²) in [5.74, 6) is -0.475. The molecule has 0 aliphatic rings. The van der Waals surface area contributed by atoms with Crippen LogP contribution in [-0.4, -0.2) is 17.2 Å². The summed E-state index contributed by atoms with van der Waals surface area (Å²) >= 11 is 0. The van der Waals surface area contributed by atoms with Crippen molar-refractivity contribution in [3.8, 4) is 0 Å². The first-order valence-corrected chi connectivity index (χ1v) is 5.09. The molecule has 0 saturated carbocycles. The van der Waals surface area contributed by atoms with E-state index >= 15 is 0 Å². The van der Waals surface area contributed by atoms with E-state index in [2.05, 4.69) is 15.5 Å². The van der Waals surface area contributed by atoms with Crippen LogP contribution in [0.2, 0.25) is 0 Å². The molecule has 0 unspecified atom stereocenters. The lowest BCUT2D eigenvalue weighted by molar-refractivity contribution is 0.444. The van der Waals surface area contributed by atoms with Crippen molar-refractivity contribution in [1.29, 1.82) is 0 Å². The lowest BCUT2D eigenvalue weighted by atomic mass is 10.1. The second kappa shape index (κ2) is 5.01. The van der Waals surface area contributed by atoms with Crippen LogP contribution in [0.25, 0.3) is 0 Å². The average molecular weight is 239 g/mol. The van der Waals surface area contributed by atoms with Gasteiger partial charge in [0.1, 0.15) is 11.6 Å². The van der Waals surface area contributed by atoms with Crippen LogP contribution in [0.15, 0.2) is 22.6 Å². The largest absolute Gasteiger partial charge is 0.424 e. The van der Waals surface area contributed by atoms with Crippen molar-refractivity contribution in [2.75, 3.05) is 7.05 Å². The molecular formula is C11H11F2N3O. The highest BCUT2D eigenvalue weighted by molar-refractivity contribution is 5.21. The van der Waals surface area contributed by atoms with Crippen molar-refractivity contribution in [3.05, 3.63) is 47.2 Å². The molecule has 2 aromatic rings. The third-order valence-corrected chi connectivity index (χ3v) is 2.19. The van der Waals surface area contributed by atoms with Crippen LogP contribution in [0.4, 0.5) is 8.78 Å². The van der Waals surface area contributed by atoms with E-state index in [1.165, 1.54) is 12.1 Å². The molecule has 0 atom stereocenters. The summed E-state index contributed by atoms with van der Waals surface area (Å²) in [6, 6.07) is 3.40. The minimum atomic E-state index is -0.613. The Morgan fingerprint density at radius 2 is 2.00 bits per heavy atom. The van der Waals surface area contributed by atoms with Gasteiger partial charge in [0.05, 0.1) is 13.0 Å². The van der Waals surface area contributed by atoms with Gasteiger partial charge in [0.15, 0.2) is 0 Å². The molecule has 1 aromatic carbocycles. The Morgan fingerprint density at radius 3 is 2.71 bits per heavy atom. The van der Waals surface area contributed by atoms with Crippen molar-refractivity contribution in [2.45, 2.75) is 13.0 Å². The standard InChI is InChI=1S/C11H11F2N3O/c1-14-6-11-16-15-10(17-11)4-7-2-3-8(12)5-9(7)13/h2-3,5,14H,4,6H2,1H3. The van der Waals surface area contributed by atoms with Crippen molar-refractivity contribution in [3.63, 3.8) is 0 Å². The maximum absolute atomic E-state index is 13.3. The van der Waals surface area contributed by atoms with Gasteiger partial charge < -0.3 is 9.73 Å². The molecular weight excluding hydrogens is 228 g/mol. The normalized spacial score (nSPS) is 10.8. The fourth-order valence-electron chi connectivity index (χ4n) is 1.41. The van der Waals surface area contributed by atoms with Crippen molar-refractivity contribution in [1.82, 2.24) is 15.5 Å². The first-order chi connectivity index (χ1) is 8.19. The number of nitrogens with zero attached hydrogens (tertiary/aromatic N) is 2. The van der Waals surface area contributed by atoms with Gasteiger partial charge in [-0.05, 0) is 18.7 Å². The smallest absolute Gasteiger partial charge is 0.230 e. The van der Waals surface area contributed by atoms with Gasteiger partial charge in [0.25, 0.3) is 0 Å². The molecule has 0 aliphatic heterocycles. The van der Waals surface area contributed by atoms with E-state index in [9.17, 15) is 8.78 Å². The van der Waals surface area contributed by atoms with Gasteiger partial charge in [-0.25, -0.2) is 8.78 Å². The van der Waals surface area contributed by atoms with Crippen LogP contribution in [0.1, 0.15) is 17.3 Å². The molecule has 0 fully saturated rings. The van der Waals surface area contributed by atoms with Gasteiger partial charge in [-0.3, -0.25) is 0 Å². The molecule has 0 radical (unpaired) electrons. The van der Waals surface area contributed by atoms with Crippen LogP contribution >= 0.6 is 0 Å². The highest BCUT2D eigenvalue weighted by Gasteiger charge is 2.10. The molecule has 0 saturated heterocycles. The summed E-state index contributed by atoms with van der Waals surface area (Å²) in [4.78, 5) is 0. The zero-order chi connectivity index (χ0) is 12.3. The number of benzene rings is 1. The van der Waals surface area contributed by atoms with E-state index in [1.807, 2.05) is 0 Å². The monoisotopic (exact) mass is 239 g/mol. The molecule has 0 aliphatic carbocycles. The summed E-state index contributed by atoms with van der Waals surface area (Å²) < 4.78 is 31.3. The molecule has 17 heavy (non-hydrogen) atoms. The average Bonchev–Trinajstić information content (AvgIpc) is 2.71. The maximum atomic E-state index is 13.3. The predicted octanol–water partition coefficient (Wildman–Crippen LogP) is 1.66. The van der Waals surface area contributed by atoms with Crippen LogP contribution in [0, 0.1) is 11.6 Å². The number of aromatic nitrogens is 2. The van der Waals surface area contributed by atoms with Crippen LogP contribution in [-0.2, 0) is 13.0 Å². The minimum Gasteiger partial charge on any atom is -0.424 e. The summed E-state index contributed by atoms with van der Waals surface area (Å²) in [5.41, 5.74) is 0.325. The second-order valence-electron chi connectivity index (χ2n) is 3.53. The van der Waals surface area contributed by atoms with E-state index in [1.54, 1.807) is 7.05 Å². The third kappa shape index (κ3) is 2.85. The lowest BCUT2D eigenvalue weighted by Gasteiger charge is -1.99. The summed E-state index contributed by atoms with van der Waals surface area (Å²) in [5, 5.41) is 10.4. The topological polar surface area (TPSA) is 51.0 Å². The van der Waals surface area contributed by atoms with Crippen molar-refractivity contribution in [2.24, 2.45) is 0 Å². The molecule has 1 aromatic heterocycles. The fraction of sp³-hybridized carbons (Fsp3) is 0.273. The Morgan fingerprint density at radius 1 is 1.24 bits per heavy atom. The Kier molecular flexibility index (Phi) is 3.43. The zero-order valence-corrected chi connectivity index (χ0v) is 9.20. The number of nitrogens with one attached hydrogen (secondary N) is 1. The van der Waals surface area contributed by atoms with Gasteiger partial charge in [-0.15, -0.1) is 10.2 Å². The molecule has 1 N–H and O–H groups in total. The highest BCUT2D eigenvalue weighted by Crippen LogP contribution is 2.14. The predicted molar refractivity (Wildman–Crippen MR) is 56.2 cm³/mol. The molecule has 2 rings (SSSR count). The first-order valence-electron chi connectivity index (χ1n) is 5.09. The van der Waals surface area contributed by atoms with Crippen LogP contribution < -0.4 is 5.32 Å². The Labute approximate surface area is 96.7 Å². The molecule has 0 bridgehead atoms. The molecule has 4 nitrogen and oxygen atoms in total. The summed E-state index contributed by atoms with van der Waals surface area (Å²) in [7, 11) is 1.75. The number of halogens is 2. The fourth-order valence-corrected chi connectivity index (χ4v) is 1.41. The van der Waals surface area contributed by atoms with E-state index in [4.69, 9.17) is 4.42 Å². The Bertz CT molecular complexity index is 513. The SMILES string of the molecule is CNCc1nnc(Cc2ccc(F)cc2F)o1. The summed E-state index contributed by atoms with van der Waals surface area (Å²) in [6.07, 6.45) is 0.156. The maximum Gasteiger partial charge on any atom is 0.230 e. The molecule has 0 amide bonds. The Hall–Kier alpha value is -1.82. The Balaban J connectivity index is 2.13. The number of hydrogen-bond acceptors (Lipinski definition) is 4. The first kappa shape index (κ1) is 11.7. The molecule has 1 heterocycles. The third-order valence-electron chi connectivity index (χ3n) is 2.19. The second-order valence-corrected chi connectivity index (χ2v) is 3.53. The van der Waals surface area contributed by atoms with Crippen LogP contribution in [0.3, 0.4) is 0 Å². The van der Waals surface area contributed by atoms with E-state index in [0.717, 1.165) is 6.07 Å². The van der Waals surface area contributed by atoms with Crippen molar-refractivity contribution < 1.29 is 13.2 Å². The van der Waals surface area contributed by atoms with Gasteiger partial charge in [0.2, 0.25) is 11.8 Å². The zero-order valence-electron chi connectivity index (χ0n) is 9.20. The molecule has 0 spiro atoms. The quantitative estimate of drug-likeness (QED) is 0.881. The van der Waals surface area contributed by atoms with E-state index in [-0.39, 0.29) is 6.42 Å². The van der Waals surface area contributed by atoms with Crippen LogP contribution in [0.5, 0.6) is 0 Å². The van der Waals surface area contributed by atoms with Gasteiger partial charge >= 0.3 is 0 Å². The van der Waals surface area contributed by atoms with Crippen molar-refractivity contribution >= 4 is 0 Å². The minimum absolute atomic E-state index is 0.156. The van der Waals surface area contributed by atoms with E-state index in [0.29, 0.717) is 23.9 Å². The molecule has 6 heteroatoms. The highest BCUT2D eigenvalue weighted by atomic mass is 19.1. The number of rotatable bonds is 4. The van der Waals surface area contributed by atoms with Gasteiger partial charge in [0, 0.05) is 6.07 Å². The number of hydrogen-bond donors (Lipinski definition) is 1. The van der Waals surface area contributed by atoms with Gasteiger partial charge in [-0.1, -0.05) is 6.07 Å². The summed E-state index contributed by atoms with van der Waals surface area (Å²) in [6.45, 7) is 0.457. The van der Waals surface area contributed by atoms with E-state index < -0.39 is 11.6 Å².